The van der Waals surface area contributed by atoms with Crippen molar-refractivity contribution in [1.29, 1.82) is 5.26 Å². The van der Waals surface area contributed by atoms with Gasteiger partial charge in [-0.05, 0) is 24.3 Å². The molecule has 1 amide bonds. The van der Waals surface area contributed by atoms with Crippen LogP contribution in [0.3, 0.4) is 0 Å². The summed E-state index contributed by atoms with van der Waals surface area (Å²) in [7, 11) is 0. The summed E-state index contributed by atoms with van der Waals surface area (Å²) in [4.78, 5) is 24.3. The molecule has 1 aromatic carbocycles. The number of amides is 1. The van der Waals surface area contributed by atoms with Crippen molar-refractivity contribution in [2.75, 3.05) is 5.32 Å². The first-order valence-corrected chi connectivity index (χ1v) is 5.02. The molecule has 0 aliphatic rings. The quantitative estimate of drug-likeness (QED) is 0.832. The van der Waals surface area contributed by atoms with Gasteiger partial charge in [0.15, 0.2) is 5.82 Å². The molecule has 7 nitrogen and oxygen atoms in total. The molecular formula is C11H8N4O3. The number of carbonyl (C=O) groups is 1. The predicted octanol–water partition coefficient (Wildman–Crippen LogP) is 0.882. The number of H-pyrrole nitrogens is 1. The number of hydrogen-bond acceptors (Lipinski definition) is 5. The van der Waals surface area contributed by atoms with E-state index in [1.165, 1.54) is 0 Å². The molecule has 0 bridgehead atoms. The largest absolute Gasteiger partial charge is 0.439 e. The number of nitrogens with zero attached hydrogens (tertiary/aromatic N) is 2. The molecule has 7 heteroatoms. The third-order valence-electron chi connectivity index (χ3n) is 2.12. The zero-order chi connectivity index (χ0) is 13.0. The monoisotopic (exact) mass is 244 g/mol. The Kier molecular flexibility index (Phi) is 3.20. The number of nitriles is 1. The molecule has 2 rings (SSSR count). The molecule has 2 aromatic rings. The van der Waals surface area contributed by atoms with Crippen LogP contribution in [0.4, 0.5) is 5.69 Å². The van der Waals surface area contributed by atoms with E-state index in [1.807, 2.05) is 0 Å². The zero-order valence-corrected chi connectivity index (χ0v) is 9.14. The first-order chi connectivity index (χ1) is 8.69. The highest BCUT2D eigenvalue weighted by Crippen LogP contribution is 2.16. The molecule has 0 atom stereocenters. The minimum atomic E-state index is -0.628. The van der Waals surface area contributed by atoms with E-state index in [0.717, 1.165) is 0 Å². The zero-order valence-electron chi connectivity index (χ0n) is 9.14. The molecule has 0 unspecified atom stereocenters. The van der Waals surface area contributed by atoms with Crippen LogP contribution >= 0.6 is 0 Å². The van der Waals surface area contributed by atoms with Gasteiger partial charge in [0, 0.05) is 11.3 Å². The summed E-state index contributed by atoms with van der Waals surface area (Å²) < 4.78 is 4.38. The normalized spacial score (nSPS) is 9.72. The van der Waals surface area contributed by atoms with E-state index in [0.29, 0.717) is 17.1 Å². The average molecular weight is 244 g/mol. The fourth-order valence-corrected chi connectivity index (χ4v) is 1.34. The molecule has 0 aliphatic carbocycles. The van der Waals surface area contributed by atoms with Gasteiger partial charge in [-0.1, -0.05) is 5.16 Å². The van der Waals surface area contributed by atoms with Gasteiger partial charge in [-0.25, -0.2) is 4.79 Å². The standard InChI is InChI=1S/C11H8N4O3/c12-6-5-9(16)13-8-3-1-7(2-4-8)10-14-11(17)18-15-10/h1-4H,5H2,(H,13,16)(H,14,15,17). The lowest BCUT2D eigenvalue weighted by Gasteiger charge is -2.02. The lowest BCUT2D eigenvalue weighted by Crippen LogP contribution is -2.09. The van der Waals surface area contributed by atoms with Crippen molar-refractivity contribution in [3.63, 3.8) is 0 Å². The molecule has 1 heterocycles. The molecule has 0 saturated heterocycles. The van der Waals surface area contributed by atoms with Crippen molar-refractivity contribution < 1.29 is 9.32 Å². The maximum Gasteiger partial charge on any atom is 0.439 e. The van der Waals surface area contributed by atoms with Crippen molar-refractivity contribution in [3.05, 3.63) is 34.8 Å². The topological polar surface area (TPSA) is 112 Å². The van der Waals surface area contributed by atoms with Gasteiger partial charge in [-0.2, -0.15) is 5.26 Å². The number of rotatable bonds is 3. The number of benzene rings is 1. The molecular weight excluding hydrogens is 236 g/mol. The smallest absolute Gasteiger partial charge is 0.325 e. The van der Waals surface area contributed by atoms with Gasteiger partial charge in [0.05, 0.1) is 6.07 Å². The summed E-state index contributed by atoms with van der Waals surface area (Å²) in [6.45, 7) is 0. The number of carbonyl (C=O) groups excluding carboxylic acids is 1. The van der Waals surface area contributed by atoms with E-state index < -0.39 is 5.76 Å². The van der Waals surface area contributed by atoms with Crippen LogP contribution in [0.2, 0.25) is 0 Å². The van der Waals surface area contributed by atoms with Crippen LogP contribution in [0.1, 0.15) is 6.42 Å². The van der Waals surface area contributed by atoms with Gasteiger partial charge in [0.2, 0.25) is 5.91 Å². The molecule has 0 fully saturated rings. The summed E-state index contributed by atoms with van der Waals surface area (Å²) in [5, 5.41) is 14.4. The first-order valence-electron chi connectivity index (χ1n) is 5.02. The Morgan fingerprint density at radius 2 is 2.17 bits per heavy atom. The molecule has 90 valence electrons. The van der Waals surface area contributed by atoms with Crippen LogP contribution in [0.25, 0.3) is 11.4 Å². The highest BCUT2D eigenvalue weighted by atomic mass is 16.5. The van der Waals surface area contributed by atoms with Crippen molar-refractivity contribution in [2.45, 2.75) is 6.42 Å². The van der Waals surface area contributed by atoms with Gasteiger partial charge in [-0.15, -0.1) is 0 Å². The summed E-state index contributed by atoms with van der Waals surface area (Å²) in [5.41, 5.74) is 1.21. The van der Waals surface area contributed by atoms with Crippen LogP contribution in [0.15, 0.2) is 33.6 Å². The van der Waals surface area contributed by atoms with Gasteiger partial charge in [0.1, 0.15) is 6.42 Å². The predicted molar refractivity (Wildman–Crippen MR) is 61.4 cm³/mol. The van der Waals surface area contributed by atoms with E-state index in [4.69, 9.17) is 5.26 Å². The fourth-order valence-electron chi connectivity index (χ4n) is 1.34. The Morgan fingerprint density at radius 1 is 1.44 bits per heavy atom. The van der Waals surface area contributed by atoms with E-state index in [1.54, 1.807) is 30.3 Å². The van der Waals surface area contributed by atoms with Crippen LogP contribution in [0.5, 0.6) is 0 Å². The average Bonchev–Trinajstić information content (AvgIpc) is 2.77. The second-order valence-corrected chi connectivity index (χ2v) is 3.40. The van der Waals surface area contributed by atoms with Crippen molar-refractivity contribution in [2.24, 2.45) is 0 Å². The van der Waals surface area contributed by atoms with E-state index in [9.17, 15) is 9.59 Å². The molecule has 18 heavy (non-hydrogen) atoms. The Balaban J connectivity index is 2.13. The molecule has 0 saturated carbocycles. The highest BCUT2D eigenvalue weighted by molar-refractivity contribution is 5.92. The Bertz CT molecular complexity index is 648. The second kappa shape index (κ2) is 4.97. The molecule has 0 radical (unpaired) electrons. The molecule has 1 aromatic heterocycles. The minimum absolute atomic E-state index is 0.196. The summed E-state index contributed by atoms with van der Waals surface area (Å²) in [5.74, 6) is -0.689. The second-order valence-electron chi connectivity index (χ2n) is 3.40. The third-order valence-corrected chi connectivity index (χ3v) is 2.12. The van der Waals surface area contributed by atoms with Gasteiger partial charge in [-0.3, -0.25) is 14.3 Å². The van der Waals surface area contributed by atoms with Gasteiger partial charge < -0.3 is 5.32 Å². The van der Waals surface area contributed by atoms with Crippen LogP contribution in [0, 0.1) is 11.3 Å². The number of hydrogen-bond donors (Lipinski definition) is 2. The number of aromatic amines is 1. The maximum absolute atomic E-state index is 11.2. The Hall–Kier alpha value is -2.88. The molecule has 0 spiro atoms. The van der Waals surface area contributed by atoms with Gasteiger partial charge in [0.25, 0.3) is 0 Å². The third kappa shape index (κ3) is 2.62. The van der Waals surface area contributed by atoms with E-state index >= 15 is 0 Å². The maximum atomic E-state index is 11.2. The van der Waals surface area contributed by atoms with Crippen LogP contribution < -0.4 is 11.1 Å². The summed E-state index contributed by atoms with van der Waals surface area (Å²) in [6.07, 6.45) is -0.196. The Morgan fingerprint density at radius 3 is 2.72 bits per heavy atom. The lowest BCUT2D eigenvalue weighted by molar-refractivity contribution is -0.115. The fraction of sp³-hybridized carbons (Fsp3) is 0.0909. The molecule has 2 N–H and O–H groups in total. The minimum Gasteiger partial charge on any atom is -0.325 e. The first kappa shape index (κ1) is 11.6. The van der Waals surface area contributed by atoms with Gasteiger partial charge >= 0.3 is 5.76 Å². The van der Waals surface area contributed by atoms with Crippen molar-refractivity contribution >= 4 is 11.6 Å². The van der Waals surface area contributed by atoms with E-state index in [2.05, 4.69) is 20.0 Å². The van der Waals surface area contributed by atoms with Crippen LogP contribution in [-0.4, -0.2) is 16.0 Å². The van der Waals surface area contributed by atoms with Crippen molar-refractivity contribution in [3.8, 4) is 17.5 Å². The summed E-state index contributed by atoms with van der Waals surface area (Å²) >= 11 is 0. The Labute approximate surface area is 101 Å². The SMILES string of the molecule is N#CCC(=O)Nc1ccc(-c2noc(=O)[nH]2)cc1. The number of anilines is 1. The van der Waals surface area contributed by atoms with Crippen LogP contribution in [-0.2, 0) is 4.79 Å². The van der Waals surface area contributed by atoms with Crippen molar-refractivity contribution in [1.82, 2.24) is 10.1 Å². The molecule has 0 aliphatic heterocycles. The van der Waals surface area contributed by atoms with E-state index in [-0.39, 0.29) is 12.3 Å². The number of nitrogens with one attached hydrogen (secondary N) is 2. The highest BCUT2D eigenvalue weighted by Gasteiger charge is 2.05. The lowest BCUT2D eigenvalue weighted by atomic mass is 10.2. The summed E-state index contributed by atoms with van der Waals surface area (Å²) in [6, 6.07) is 8.35. The number of aromatic nitrogens is 2.